The highest BCUT2D eigenvalue weighted by molar-refractivity contribution is 8.07. The van der Waals surface area contributed by atoms with E-state index in [1.165, 1.54) is 0 Å². The van der Waals surface area contributed by atoms with E-state index in [0.717, 1.165) is 0 Å². The third-order valence-electron chi connectivity index (χ3n) is 3.14. The van der Waals surface area contributed by atoms with Crippen molar-refractivity contribution < 1.29 is 9.36 Å². The van der Waals surface area contributed by atoms with E-state index in [2.05, 4.69) is 4.76 Å². The van der Waals surface area contributed by atoms with Crippen LogP contribution in [0.3, 0.4) is 0 Å². The maximum absolute atomic E-state index is 12.5. The predicted molar refractivity (Wildman–Crippen MR) is 87.5 cm³/mol. The predicted octanol–water partition coefficient (Wildman–Crippen LogP) is 5.36. The molecule has 0 N–H and O–H groups in total. The first-order valence-electron chi connectivity index (χ1n) is 5.91. The van der Waals surface area contributed by atoms with Gasteiger partial charge in [-0.15, -0.1) is 0 Å². The summed E-state index contributed by atoms with van der Waals surface area (Å²) >= 11 is 17.4. The summed E-state index contributed by atoms with van der Waals surface area (Å²) in [7, 11) is 0. The number of Topliss-reactive ketones (excluding diaryl/α,β-unsaturated/α-hetero) is 1. The van der Waals surface area contributed by atoms with Crippen LogP contribution in [0, 0.1) is 0 Å². The number of allylic oxidation sites excluding steroid dienone is 5. The second kappa shape index (κ2) is 5.26. The van der Waals surface area contributed by atoms with Gasteiger partial charge in [0, 0.05) is 22.3 Å². The van der Waals surface area contributed by atoms with Gasteiger partial charge >= 0.3 is 6.00 Å². The van der Waals surface area contributed by atoms with Crippen molar-refractivity contribution in [2.75, 3.05) is 0 Å². The van der Waals surface area contributed by atoms with Crippen LogP contribution in [0.25, 0.3) is 5.03 Å². The summed E-state index contributed by atoms with van der Waals surface area (Å²) in [5.74, 6) is -3.84. The Morgan fingerprint density at radius 3 is 2.43 bits per heavy atom. The number of rotatable bonds is 1. The van der Waals surface area contributed by atoms with Crippen LogP contribution < -0.4 is 0 Å². The molecule has 0 heterocycles. The lowest BCUT2D eigenvalue weighted by Crippen LogP contribution is -2.20. The van der Waals surface area contributed by atoms with Crippen molar-refractivity contribution in [2.24, 2.45) is 4.76 Å². The fraction of sp³-hybridized carbons (Fsp3) is 0. The molecule has 2 aliphatic carbocycles. The number of ketones is 1. The largest absolute Gasteiger partial charge is 0.364 e. The summed E-state index contributed by atoms with van der Waals surface area (Å²) in [5, 5.41) is 0.362. The molecule has 0 fully saturated rings. The Kier molecular flexibility index (Phi) is 3.71. The van der Waals surface area contributed by atoms with E-state index in [4.69, 9.17) is 34.1 Å². The molecule has 0 radical (unpaired) electrons. The van der Waals surface area contributed by atoms with Gasteiger partial charge in [0.1, 0.15) is 0 Å². The minimum absolute atomic E-state index is 0.166. The molecule has 0 saturated carbocycles. The maximum Gasteiger partial charge on any atom is 0.364 e. The summed E-state index contributed by atoms with van der Waals surface area (Å²) in [6, 6.07) is 7.01. The molecule has 0 atom stereocenters. The molecule has 0 saturated heterocycles. The molecule has 0 bridgehead atoms. The third-order valence-corrected chi connectivity index (χ3v) is 4.43. The first-order chi connectivity index (χ1) is 9.88. The first kappa shape index (κ1) is 14.8. The van der Waals surface area contributed by atoms with Crippen LogP contribution in [0.4, 0.5) is 0 Å². The second-order valence-corrected chi connectivity index (χ2v) is 9.14. The van der Waals surface area contributed by atoms with Crippen LogP contribution in [-0.4, -0.2) is 11.5 Å². The van der Waals surface area contributed by atoms with Gasteiger partial charge in [-0.2, -0.15) is 4.76 Å². The van der Waals surface area contributed by atoms with E-state index in [-0.39, 0.29) is 11.5 Å². The molecule has 2 aliphatic rings. The number of hydrogen-bond acceptors (Lipinski definition) is 2. The number of benzene rings is 1. The van der Waals surface area contributed by atoms with E-state index in [0.29, 0.717) is 27.3 Å². The van der Waals surface area contributed by atoms with Crippen LogP contribution in [0.1, 0.15) is 15.9 Å². The van der Waals surface area contributed by atoms with Gasteiger partial charge < -0.3 is 0 Å². The Morgan fingerprint density at radius 1 is 1.10 bits per heavy atom. The van der Waals surface area contributed by atoms with Gasteiger partial charge in [-0.1, -0.05) is 48.0 Å². The monoisotopic (exact) mass is 357 g/mol. The molecule has 7 heteroatoms. The minimum atomic E-state index is -3.68. The van der Waals surface area contributed by atoms with Crippen LogP contribution in [0.2, 0.25) is 0 Å². The molecule has 0 spiro atoms. The number of halogens is 3. The van der Waals surface area contributed by atoms with Crippen molar-refractivity contribution in [1.29, 1.82) is 0 Å². The Morgan fingerprint density at radius 2 is 1.76 bits per heavy atom. The zero-order chi connectivity index (χ0) is 15.2. The van der Waals surface area contributed by atoms with Gasteiger partial charge in [0.25, 0.3) is 0 Å². The topological polar surface area (TPSA) is 46.5 Å². The molecule has 21 heavy (non-hydrogen) atoms. The van der Waals surface area contributed by atoms with Gasteiger partial charge in [-0.3, -0.25) is 9.36 Å². The number of carbonyl (C=O) groups excluding carboxylic acids is 1. The Labute approximate surface area is 135 Å². The molecular weight excluding hydrogens is 351 g/mol. The first-order valence-corrected chi connectivity index (χ1v) is 9.76. The molecule has 1 aromatic rings. The van der Waals surface area contributed by atoms with Crippen molar-refractivity contribution in [3.8, 4) is 0 Å². The maximum atomic E-state index is 12.5. The standard InChI is InChI=1S/C14H7Cl3NO2P/c15-13-8-4-1-2-5-9(8)14(19)10-6-3-7-11(12(10)13)18-21(16,17)20/h1-7H. The number of carbonyl (C=O) groups is 1. The van der Waals surface area contributed by atoms with Crippen molar-refractivity contribution in [1.82, 2.24) is 0 Å². The minimum Gasteiger partial charge on any atom is -0.289 e. The van der Waals surface area contributed by atoms with Crippen LogP contribution in [-0.2, 0) is 4.57 Å². The summed E-state index contributed by atoms with van der Waals surface area (Å²) < 4.78 is 15.3. The molecule has 1 aromatic carbocycles. The van der Waals surface area contributed by atoms with Crippen molar-refractivity contribution in [3.05, 3.63) is 64.8 Å². The summed E-state index contributed by atoms with van der Waals surface area (Å²) in [5.41, 5.74) is 2.17. The molecule has 0 aromatic heterocycles. The molecule has 106 valence electrons. The average molecular weight is 359 g/mol. The van der Waals surface area contributed by atoms with E-state index >= 15 is 0 Å². The van der Waals surface area contributed by atoms with Crippen LogP contribution >= 0.6 is 40.1 Å². The van der Waals surface area contributed by atoms with E-state index in [1.807, 2.05) is 0 Å². The zero-order valence-corrected chi connectivity index (χ0v) is 13.5. The third kappa shape index (κ3) is 2.67. The fourth-order valence-corrected chi connectivity index (χ4v) is 3.59. The highest BCUT2D eigenvalue weighted by atomic mass is 35.9. The fourth-order valence-electron chi connectivity index (χ4n) is 2.32. The normalized spacial score (nSPS) is 19.5. The lowest BCUT2D eigenvalue weighted by Gasteiger charge is -2.23. The highest BCUT2D eigenvalue weighted by Gasteiger charge is 2.32. The Bertz CT molecular complexity index is 830. The summed E-state index contributed by atoms with van der Waals surface area (Å²) in [4.78, 5) is 12.5. The lowest BCUT2D eigenvalue weighted by atomic mass is 9.82. The SMILES string of the molecule is O=C1C2=CC=CC(=NP(=O)(Cl)Cl)C2=C(Cl)c2ccccc21. The summed E-state index contributed by atoms with van der Waals surface area (Å²) in [6.45, 7) is 0. The number of nitrogens with zero attached hydrogens (tertiary/aromatic N) is 1. The second-order valence-electron chi connectivity index (χ2n) is 4.42. The molecule has 3 rings (SSSR count). The smallest absolute Gasteiger partial charge is 0.289 e. The van der Waals surface area contributed by atoms with Crippen LogP contribution in [0.5, 0.6) is 0 Å². The van der Waals surface area contributed by atoms with Gasteiger partial charge in [-0.25, -0.2) is 0 Å². The molecule has 0 amide bonds. The van der Waals surface area contributed by atoms with Crippen molar-refractivity contribution in [2.45, 2.75) is 0 Å². The van der Waals surface area contributed by atoms with Crippen molar-refractivity contribution >= 4 is 56.6 Å². The van der Waals surface area contributed by atoms with Gasteiger partial charge in [0.05, 0.1) is 10.7 Å². The molecule has 0 unspecified atom stereocenters. The molecular formula is C14H7Cl3NO2P. The lowest BCUT2D eigenvalue weighted by molar-refractivity contribution is 0.103. The van der Waals surface area contributed by atoms with Gasteiger partial charge in [0.2, 0.25) is 0 Å². The number of hydrogen-bond donors (Lipinski definition) is 0. The Hall–Kier alpha value is -1.12. The zero-order valence-electron chi connectivity index (χ0n) is 10.4. The highest BCUT2D eigenvalue weighted by Crippen LogP contribution is 2.59. The van der Waals surface area contributed by atoms with Crippen molar-refractivity contribution in [3.63, 3.8) is 0 Å². The van der Waals surface area contributed by atoms with Gasteiger partial charge in [-0.05, 0) is 28.6 Å². The number of fused-ring (bicyclic) bond motifs is 2. The molecule has 0 aliphatic heterocycles. The summed E-state index contributed by atoms with van der Waals surface area (Å²) in [6.07, 6.45) is 4.83. The average Bonchev–Trinajstić information content (AvgIpc) is 2.43. The van der Waals surface area contributed by atoms with E-state index < -0.39 is 6.00 Å². The van der Waals surface area contributed by atoms with E-state index in [1.54, 1.807) is 42.5 Å². The molecule has 3 nitrogen and oxygen atoms in total. The van der Waals surface area contributed by atoms with E-state index in [9.17, 15) is 9.36 Å². The van der Waals surface area contributed by atoms with Crippen LogP contribution in [0.15, 0.2) is 58.4 Å². The Balaban J connectivity index is 2.31. The van der Waals surface area contributed by atoms with Gasteiger partial charge in [0.15, 0.2) is 5.78 Å². The quantitative estimate of drug-likeness (QED) is 0.635.